The zero-order valence-corrected chi connectivity index (χ0v) is 13.9. The van der Waals surface area contributed by atoms with Crippen LogP contribution in [0.25, 0.3) is 10.2 Å². The van der Waals surface area contributed by atoms with Gasteiger partial charge < -0.3 is 9.47 Å². The quantitative estimate of drug-likeness (QED) is 0.648. The van der Waals surface area contributed by atoms with Crippen LogP contribution >= 0.6 is 22.9 Å². The normalized spacial score (nSPS) is 10.9. The van der Waals surface area contributed by atoms with Crippen LogP contribution in [0.3, 0.4) is 0 Å². The van der Waals surface area contributed by atoms with Crippen molar-refractivity contribution in [3.63, 3.8) is 0 Å². The van der Waals surface area contributed by atoms with Crippen molar-refractivity contribution in [2.24, 2.45) is 0 Å². The molecular formula is C16H15ClN2O2S. The maximum Gasteiger partial charge on any atom is 0.225 e. The number of fused-ring (bicyclic) bond motifs is 1. The Morgan fingerprint density at radius 2 is 1.95 bits per heavy atom. The molecule has 1 aromatic carbocycles. The molecule has 4 nitrogen and oxygen atoms in total. The van der Waals surface area contributed by atoms with Crippen molar-refractivity contribution in [1.82, 2.24) is 9.97 Å². The van der Waals surface area contributed by atoms with E-state index in [0.717, 1.165) is 16.0 Å². The molecule has 0 bridgehead atoms. The summed E-state index contributed by atoms with van der Waals surface area (Å²) >= 11 is 7.57. The Morgan fingerprint density at radius 1 is 1.14 bits per heavy atom. The summed E-state index contributed by atoms with van der Waals surface area (Å²) in [5.74, 6) is 1.34. The first-order chi connectivity index (χ1) is 10.6. The van der Waals surface area contributed by atoms with Crippen LogP contribution in [-0.4, -0.2) is 23.2 Å². The molecule has 0 spiro atoms. The SMILES string of the molecule is Cc1sc2ncnc(OCCOc3cccc(Cl)c3)c2c1C. The van der Waals surface area contributed by atoms with E-state index in [0.29, 0.717) is 24.1 Å². The van der Waals surface area contributed by atoms with Gasteiger partial charge in [-0.05, 0) is 37.6 Å². The van der Waals surface area contributed by atoms with Crippen LogP contribution in [0.15, 0.2) is 30.6 Å². The van der Waals surface area contributed by atoms with Crippen LogP contribution in [0.4, 0.5) is 0 Å². The Hall–Kier alpha value is -1.85. The van der Waals surface area contributed by atoms with E-state index in [1.807, 2.05) is 18.2 Å². The number of aromatic nitrogens is 2. The molecule has 0 N–H and O–H groups in total. The number of benzene rings is 1. The average molecular weight is 335 g/mol. The molecule has 6 heteroatoms. The van der Waals surface area contributed by atoms with Gasteiger partial charge in [-0.3, -0.25) is 0 Å². The van der Waals surface area contributed by atoms with Gasteiger partial charge in [0.1, 0.15) is 30.1 Å². The van der Waals surface area contributed by atoms with Crippen LogP contribution in [0.5, 0.6) is 11.6 Å². The summed E-state index contributed by atoms with van der Waals surface area (Å²) in [4.78, 5) is 10.7. The Kier molecular flexibility index (Phi) is 4.45. The number of thiophene rings is 1. The van der Waals surface area contributed by atoms with Crippen molar-refractivity contribution in [1.29, 1.82) is 0 Å². The van der Waals surface area contributed by atoms with Crippen LogP contribution in [0.1, 0.15) is 10.4 Å². The van der Waals surface area contributed by atoms with Gasteiger partial charge in [0.2, 0.25) is 5.88 Å². The van der Waals surface area contributed by atoms with Gasteiger partial charge in [-0.2, -0.15) is 0 Å². The van der Waals surface area contributed by atoms with Gasteiger partial charge in [0.05, 0.1) is 5.39 Å². The van der Waals surface area contributed by atoms with Crippen molar-refractivity contribution in [2.75, 3.05) is 13.2 Å². The van der Waals surface area contributed by atoms with Gasteiger partial charge >= 0.3 is 0 Å². The third kappa shape index (κ3) is 3.15. The molecule has 0 aliphatic rings. The van der Waals surface area contributed by atoms with Gasteiger partial charge in [0, 0.05) is 9.90 Å². The monoisotopic (exact) mass is 334 g/mol. The minimum Gasteiger partial charge on any atom is -0.490 e. The lowest BCUT2D eigenvalue weighted by Crippen LogP contribution is -2.10. The van der Waals surface area contributed by atoms with E-state index >= 15 is 0 Å². The minimum absolute atomic E-state index is 0.410. The molecule has 0 aliphatic carbocycles. The fourth-order valence-electron chi connectivity index (χ4n) is 2.11. The lowest BCUT2D eigenvalue weighted by Gasteiger charge is -2.09. The summed E-state index contributed by atoms with van der Waals surface area (Å²) in [7, 11) is 0. The van der Waals surface area contributed by atoms with Gasteiger partial charge in [-0.1, -0.05) is 17.7 Å². The molecule has 0 saturated heterocycles. The fourth-order valence-corrected chi connectivity index (χ4v) is 3.28. The Labute approximate surface area is 137 Å². The predicted molar refractivity (Wildman–Crippen MR) is 89.3 cm³/mol. The maximum absolute atomic E-state index is 5.91. The van der Waals surface area contributed by atoms with E-state index in [2.05, 4.69) is 23.8 Å². The molecule has 0 atom stereocenters. The molecule has 3 aromatic rings. The third-order valence-electron chi connectivity index (χ3n) is 3.32. The lowest BCUT2D eigenvalue weighted by atomic mass is 10.2. The van der Waals surface area contributed by atoms with Crippen LogP contribution in [0, 0.1) is 13.8 Å². The third-order valence-corrected chi connectivity index (χ3v) is 4.67. The first-order valence-electron chi connectivity index (χ1n) is 6.87. The zero-order chi connectivity index (χ0) is 15.5. The molecule has 0 saturated carbocycles. The largest absolute Gasteiger partial charge is 0.490 e. The summed E-state index contributed by atoms with van der Waals surface area (Å²) in [6.45, 7) is 4.97. The van der Waals surface area contributed by atoms with Crippen molar-refractivity contribution >= 4 is 33.2 Å². The summed E-state index contributed by atoms with van der Waals surface area (Å²) in [6.07, 6.45) is 1.53. The molecule has 0 fully saturated rings. The molecular weight excluding hydrogens is 320 g/mol. The minimum atomic E-state index is 0.410. The number of aryl methyl sites for hydroxylation is 2. The first kappa shape index (κ1) is 15.1. The standard InChI is InChI=1S/C16H15ClN2O2S/c1-10-11(2)22-16-14(10)15(18-9-19-16)21-7-6-20-13-5-3-4-12(17)8-13/h3-5,8-9H,6-7H2,1-2H3. The summed E-state index contributed by atoms with van der Waals surface area (Å²) < 4.78 is 11.4. The van der Waals surface area contributed by atoms with E-state index in [-0.39, 0.29) is 0 Å². The smallest absolute Gasteiger partial charge is 0.225 e. The lowest BCUT2D eigenvalue weighted by molar-refractivity contribution is 0.213. The highest BCUT2D eigenvalue weighted by Gasteiger charge is 2.12. The highest BCUT2D eigenvalue weighted by molar-refractivity contribution is 7.18. The molecule has 2 aromatic heterocycles. The van der Waals surface area contributed by atoms with Crippen LogP contribution < -0.4 is 9.47 Å². The number of nitrogens with zero attached hydrogens (tertiary/aromatic N) is 2. The van der Waals surface area contributed by atoms with Crippen molar-refractivity contribution < 1.29 is 9.47 Å². The van der Waals surface area contributed by atoms with Crippen LogP contribution in [0.2, 0.25) is 5.02 Å². The molecule has 0 amide bonds. The summed E-state index contributed by atoms with van der Waals surface area (Å²) in [5.41, 5.74) is 1.17. The number of rotatable bonds is 5. The van der Waals surface area contributed by atoms with E-state index in [1.165, 1.54) is 16.8 Å². The second kappa shape index (κ2) is 6.50. The molecule has 0 radical (unpaired) electrons. The fraction of sp³-hybridized carbons (Fsp3) is 0.250. The Balaban J connectivity index is 1.65. The number of hydrogen-bond donors (Lipinski definition) is 0. The number of ether oxygens (including phenoxy) is 2. The Bertz CT molecular complexity index is 804. The predicted octanol–water partition coefficient (Wildman–Crippen LogP) is 4.42. The number of halogens is 1. The van der Waals surface area contributed by atoms with Crippen molar-refractivity contribution in [3.05, 3.63) is 46.1 Å². The average Bonchev–Trinajstić information content (AvgIpc) is 2.79. The highest BCUT2D eigenvalue weighted by atomic mass is 35.5. The maximum atomic E-state index is 5.91. The van der Waals surface area contributed by atoms with Gasteiger partial charge in [-0.25, -0.2) is 9.97 Å². The highest BCUT2D eigenvalue weighted by Crippen LogP contribution is 2.33. The molecule has 114 valence electrons. The van der Waals surface area contributed by atoms with Gasteiger partial charge in [0.25, 0.3) is 0 Å². The summed E-state index contributed by atoms with van der Waals surface area (Å²) in [5, 5.41) is 1.65. The Morgan fingerprint density at radius 3 is 2.77 bits per heavy atom. The second-order valence-electron chi connectivity index (χ2n) is 4.80. The van der Waals surface area contributed by atoms with Crippen molar-refractivity contribution in [2.45, 2.75) is 13.8 Å². The molecule has 0 aliphatic heterocycles. The van der Waals surface area contributed by atoms with E-state index in [4.69, 9.17) is 21.1 Å². The van der Waals surface area contributed by atoms with Crippen molar-refractivity contribution in [3.8, 4) is 11.6 Å². The van der Waals surface area contributed by atoms with Gasteiger partial charge in [-0.15, -0.1) is 11.3 Å². The zero-order valence-electron chi connectivity index (χ0n) is 12.3. The van der Waals surface area contributed by atoms with Crippen LogP contribution in [-0.2, 0) is 0 Å². The van der Waals surface area contributed by atoms with Gasteiger partial charge in [0.15, 0.2) is 0 Å². The molecule has 3 rings (SSSR count). The summed E-state index contributed by atoms with van der Waals surface area (Å²) in [6, 6.07) is 7.30. The first-order valence-corrected chi connectivity index (χ1v) is 8.06. The molecule has 22 heavy (non-hydrogen) atoms. The van der Waals surface area contributed by atoms with E-state index < -0.39 is 0 Å². The van der Waals surface area contributed by atoms with E-state index in [9.17, 15) is 0 Å². The second-order valence-corrected chi connectivity index (χ2v) is 6.44. The van der Waals surface area contributed by atoms with E-state index in [1.54, 1.807) is 17.4 Å². The molecule has 2 heterocycles. The number of hydrogen-bond acceptors (Lipinski definition) is 5. The molecule has 0 unspecified atom stereocenters. The topological polar surface area (TPSA) is 44.2 Å².